The molecular formula is C27H29ClN2O. The third kappa shape index (κ3) is 5.17. The zero-order valence-corrected chi connectivity index (χ0v) is 18.8. The number of anilines is 1. The summed E-state index contributed by atoms with van der Waals surface area (Å²) in [6.45, 7) is 4.89. The fourth-order valence-corrected chi connectivity index (χ4v) is 4.50. The van der Waals surface area contributed by atoms with Crippen LogP contribution in [-0.4, -0.2) is 29.9 Å². The average molecular weight is 433 g/mol. The first-order valence-corrected chi connectivity index (χ1v) is 11.5. The van der Waals surface area contributed by atoms with E-state index < -0.39 is 0 Å². The van der Waals surface area contributed by atoms with E-state index in [1.165, 1.54) is 5.56 Å². The summed E-state index contributed by atoms with van der Waals surface area (Å²) in [5.74, 6) is 0.0782. The van der Waals surface area contributed by atoms with Gasteiger partial charge in [-0.1, -0.05) is 67.1 Å². The van der Waals surface area contributed by atoms with Gasteiger partial charge in [0.1, 0.15) is 0 Å². The number of aryl methyl sites for hydroxylation is 1. The first-order valence-electron chi connectivity index (χ1n) is 11.1. The number of nitrogens with zero attached hydrogens (tertiary/aromatic N) is 2. The first kappa shape index (κ1) is 21.6. The normalized spacial score (nSPS) is 15.0. The van der Waals surface area contributed by atoms with E-state index in [1.807, 2.05) is 53.4 Å². The number of rotatable bonds is 6. The number of hydrogen-bond donors (Lipinski definition) is 0. The van der Waals surface area contributed by atoms with Crippen LogP contribution in [0.4, 0.5) is 5.69 Å². The molecule has 1 saturated heterocycles. The molecule has 4 rings (SSSR count). The Morgan fingerprint density at radius 2 is 1.58 bits per heavy atom. The number of piperidine rings is 1. The van der Waals surface area contributed by atoms with Crippen LogP contribution in [0.25, 0.3) is 0 Å². The maximum atomic E-state index is 13.5. The van der Waals surface area contributed by atoms with Crippen molar-refractivity contribution in [2.75, 3.05) is 18.0 Å². The molecule has 3 aromatic carbocycles. The number of halogens is 1. The molecular weight excluding hydrogens is 404 g/mol. The Balaban J connectivity index is 1.52. The summed E-state index contributed by atoms with van der Waals surface area (Å²) < 4.78 is 0. The molecule has 0 bridgehead atoms. The molecule has 1 aliphatic rings. The van der Waals surface area contributed by atoms with Crippen molar-refractivity contribution in [3.8, 4) is 0 Å². The topological polar surface area (TPSA) is 23.6 Å². The SMILES string of the molecule is CCc1ccc(N(C(=O)c2ccccc2)C2CCN(Cc3ccccc3Cl)CC2)cc1. The summed E-state index contributed by atoms with van der Waals surface area (Å²) in [5.41, 5.74) is 4.16. The minimum absolute atomic E-state index is 0.0782. The standard InChI is InChI=1S/C27H29ClN2O/c1-2-21-12-14-24(15-13-21)30(27(31)22-8-4-3-5-9-22)25-16-18-29(19-17-25)20-23-10-6-7-11-26(23)28/h3-15,25H,2,16-20H2,1H3. The molecule has 0 spiro atoms. The van der Waals surface area contributed by atoms with E-state index in [9.17, 15) is 4.79 Å². The summed E-state index contributed by atoms with van der Waals surface area (Å²) in [4.78, 5) is 18.0. The van der Waals surface area contributed by atoms with Gasteiger partial charge in [0.25, 0.3) is 5.91 Å². The van der Waals surface area contributed by atoms with Gasteiger partial charge in [0.2, 0.25) is 0 Å². The van der Waals surface area contributed by atoms with Crippen molar-refractivity contribution < 1.29 is 4.79 Å². The van der Waals surface area contributed by atoms with Crippen molar-refractivity contribution >= 4 is 23.2 Å². The van der Waals surface area contributed by atoms with E-state index in [2.05, 4.69) is 42.2 Å². The number of benzene rings is 3. The quantitative estimate of drug-likeness (QED) is 0.462. The molecule has 0 N–H and O–H groups in total. The smallest absolute Gasteiger partial charge is 0.258 e. The summed E-state index contributed by atoms with van der Waals surface area (Å²) >= 11 is 6.36. The maximum Gasteiger partial charge on any atom is 0.258 e. The molecule has 0 aromatic heterocycles. The molecule has 1 fully saturated rings. The van der Waals surface area contributed by atoms with Crippen LogP contribution in [0.2, 0.25) is 5.02 Å². The second-order valence-electron chi connectivity index (χ2n) is 8.16. The highest BCUT2D eigenvalue weighted by Gasteiger charge is 2.30. The van der Waals surface area contributed by atoms with E-state index in [4.69, 9.17) is 11.6 Å². The molecule has 4 heteroatoms. The molecule has 31 heavy (non-hydrogen) atoms. The third-order valence-corrected chi connectivity index (χ3v) is 6.51. The van der Waals surface area contributed by atoms with Crippen LogP contribution in [0.3, 0.4) is 0 Å². The lowest BCUT2D eigenvalue weighted by Crippen LogP contribution is -2.47. The molecule has 0 saturated carbocycles. The number of hydrogen-bond acceptors (Lipinski definition) is 2. The lowest BCUT2D eigenvalue weighted by molar-refractivity contribution is 0.0958. The highest BCUT2D eigenvalue weighted by Crippen LogP contribution is 2.28. The van der Waals surface area contributed by atoms with Crippen molar-refractivity contribution in [2.24, 2.45) is 0 Å². The molecule has 0 radical (unpaired) electrons. The van der Waals surface area contributed by atoms with Crippen molar-refractivity contribution in [1.82, 2.24) is 4.90 Å². The predicted octanol–water partition coefficient (Wildman–Crippen LogP) is 6.21. The second kappa shape index (κ2) is 10.1. The van der Waals surface area contributed by atoms with Crippen LogP contribution >= 0.6 is 11.6 Å². The number of carbonyl (C=O) groups excluding carboxylic acids is 1. The Kier molecular flexibility index (Phi) is 7.06. The van der Waals surface area contributed by atoms with Crippen LogP contribution < -0.4 is 4.90 Å². The monoisotopic (exact) mass is 432 g/mol. The summed E-state index contributed by atoms with van der Waals surface area (Å²) in [7, 11) is 0. The van der Waals surface area contributed by atoms with E-state index >= 15 is 0 Å². The van der Waals surface area contributed by atoms with Crippen molar-refractivity contribution in [2.45, 2.75) is 38.8 Å². The van der Waals surface area contributed by atoms with Gasteiger partial charge in [-0.05, 0) is 60.7 Å². The van der Waals surface area contributed by atoms with Gasteiger partial charge in [0.05, 0.1) is 0 Å². The zero-order chi connectivity index (χ0) is 21.6. The van der Waals surface area contributed by atoms with E-state index in [0.29, 0.717) is 0 Å². The van der Waals surface area contributed by atoms with E-state index in [-0.39, 0.29) is 11.9 Å². The zero-order valence-electron chi connectivity index (χ0n) is 18.0. The summed E-state index contributed by atoms with van der Waals surface area (Å²) in [5, 5.41) is 0.821. The molecule has 1 heterocycles. The lowest BCUT2D eigenvalue weighted by atomic mass is 9.99. The minimum atomic E-state index is 0.0782. The Hall–Kier alpha value is -2.62. The van der Waals surface area contributed by atoms with Crippen LogP contribution in [0.15, 0.2) is 78.9 Å². The van der Waals surface area contributed by atoms with Crippen molar-refractivity contribution in [3.05, 3.63) is 101 Å². The first-order chi connectivity index (χ1) is 15.2. The highest BCUT2D eigenvalue weighted by molar-refractivity contribution is 6.31. The fraction of sp³-hybridized carbons (Fsp3) is 0.296. The van der Waals surface area contributed by atoms with Gasteiger partial charge < -0.3 is 4.90 Å². The minimum Gasteiger partial charge on any atom is -0.305 e. The molecule has 160 valence electrons. The van der Waals surface area contributed by atoms with Crippen LogP contribution in [0, 0.1) is 0 Å². The van der Waals surface area contributed by atoms with Crippen LogP contribution in [-0.2, 0) is 13.0 Å². The molecule has 1 amide bonds. The lowest BCUT2D eigenvalue weighted by Gasteiger charge is -2.39. The van der Waals surface area contributed by atoms with Gasteiger partial charge in [-0.25, -0.2) is 0 Å². The summed E-state index contributed by atoms with van der Waals surface area (Å²) in [6, 6.07) is 26.3. The number of carbonyl (C=O) groups is 1. The van der Waals surface area contributed by atoms with Gasteiger partial charge in [0, 0.05) is 41.9 Å². The molecule has 0 unspecified atom stereocenters. The van der Waals surface area contributed by atoms with Crippen LogP contribution in [0.5, 0.6) is 0 Å². The highest BCUT2D eigenvalue weighted by atomic mass is 35.5. The number of amides is 1. The van der Waals surface area contributed by atoms with Crippen LogP contribution in [0.1, 0.15) is 41.3 Å². The van der Waals surface area contributed by atoms with Gasteiger partial charge in [-0.15, -0.1) is 0 Å². The Bertz CT molecular complexity index is 995. The van der Waals surface area contributed by atoms with Gasteiger partial charge in [-0.2, -0.15) is 0 Å². The van der Waals surface area contributed by atoms with E-state index in [0.717, 1.165) is 60.7 Å². The molecule has 3 nitrogen and oxygen atoms in total. The van der Waals surface area contributed by atoms with Gasteiger partial charge in [-0.3, -0.25) is 9.69 Å². The number of likely N-dealkylation sites (tertiary alicyclic amines) is 1. The molecule has 1 aliphatic heterocycles. The van der Waals surface area contributed by atoms with Gasteiger partial charge >= 0.3 is 0 Å². The van der Waals surface area contributed by atoms with Gasteiger partial charge in [0.15, 0.2) is 0 Å². The molecule has 0 atom stereocenters. The Labute approximate surface area is 190 Å². The molecule has 0 aliphatic carbocycles. The Morgan fingerprint density at radius 1 is 0.935 bits per heavy atom. The fourth-order valence-electron chi connectivity index (χ4n) is 4.31. The summed E-state index contributed by atoms with van der Waals surface area (Å²) in [6.07, 6.45) is 2.88. The van der Waals surface area contributed by atoms with Crippen molar-refractivity contribution in [1.29, 1.82) is 0 Å². The maximum absolute atomic E-state index is 13.5. The van der Waals surface area contributed by atoms with E-state index in [1.54, 1.807) is 0 Å². The predicted molar refractivity (Wildman–Crippen MR) is 129 cm³/mol. The Morgan fingerprint density at radius 3 is 2.23 bits per heavy atom. The molecule has 3 aromatic rings. The van der Waals surface area contributed by atoms with Crippen molar-refractivity contribution in [3.63, 3.8) is 0 Å². The second-order valence-corrected chi connectivity index (χ2v) is 8.57. The third-order valence-electron chi connectivity index (χ3n) is 6.14. The average Bonchev–Trinajstić information content (AvgIpc) is 2.83. The largest absolute Gasteiger partial charge is 0.305 e.